The van der Waals surface area contributed by atoms with Gasteiger partial charge in [-0.05, 0) is 63.9 Å². The SMILES string of the molecule is CCCN(CC1CCNCC1)C(C)c1ccc(Cl)s1. The molecule has 1 N–H and O–H groups in total. The number of thiophene rings is 1. The molecule has 1 fully saturated rings. The average molecular weight is 301 g/mol. The summed E-state index contributed by atoms with van der Waals surface area (Å²) in [7, 11) is 0. The summed E-state index contributed by atoms with van der Waals surface area (Å²) in [6.45, 7) is 9.36. The van der Waals surface area contributed by atoms with Crippen molar-refractivity contribution in [3.05, 3.63) is 21.3 Å². The van der Waals surface area contributed by atoms with E-state index in [9.17, 15) is 0 Å². The van der Waals surface area contributed by atoms with Gasteiger partial charge in [-0.15, -0.1) is 11.3 Å². The predicted molar refractivity (Wildman–Crippen MR) is 85.2 cm³/mol. The van der Waals surface area contributed by atoms with Gasteiger partial charge < -0.3 is 5.32 Å². The van der Waals surface area contributed by atoms with Crippen LogP contribution in [0.15, 0.2) is 12.1 Å². The highest BCUT2D eigenvalue weighted by Crippen LogP contribution is 2.31. The van der Waals surface area contributed by atoms with Gasteiger partial charge in [0.25, 0.3) is 0 Å². The molecule has 0 radical (unpaired) electrons. The van der Waals surface area contributed by atoms with Crippen molar-refractivity contribution in [1.29, 1.82) is 0 Å². The Morgan fingerprint density at radius 3 is 2.74 bits per heavy atom. The zero-order chi connectivity index (χ0) is 13.7. The Labute approximate surface area is 126 Å². The Morgan fingerprint density at radius 2 is 2.16 bits per heavy atom. The van der Waals surface area contributed by atoms with Gasteiger partial charge in [0, 0.05) is 17.5 Å². The lowest BCUT2D eigenvalue weighted by Crippen LogP contribution is -2.37. The van der Waals surface area contributed by atoms with Crippen LogP contribution < -0.4 is 5.32 Å². The fraction of sp³-hybridized carbons (Fsp3) is 0.733. The van der Waals surface area contributed by atoms with Gasteiger partial charge in [-0.25, -0.2) is 0 Å². The van der Waals surface area contributed by atoms with Crippen molar-refractivity contribution in [3.63, 3.8) is 0 Å². The van der Waals surface area contributed by atoms with Crippen LogP contribution in [0.1, 0.15) is 44.0 Å². The summed E-state index contributed by atoms with van der Waals surface area (Å²) in [5.41, 5.74) is 0. The first-order valence-electron chi connectivity index (χ1n) is 7.40. The second kappa shape index (κ2) is 7.63. The highest BCUT2D eigenvalue weighted by Gasteiger charge is 2.22. The van der Waals surface area contributed by atoms with Crippen molar-refractivity contribution in [2.24, 2.45) is 5.92 Å². The molecule has 0 saturated carbocycles. The molecule has 0 aliphatic carbocycles. The highest BCUT2D eigenvalue weighted by atomic mass is 35.5. The van der Waals surface area contributed by atoms with Crippen molar-refractivity contribution >= 4 is 22.9 Å². The van der Waals surface area contributed by atoms with Gasteiger partial charge >= 0.3 is 0 Å². The van der Waals surface area contributed by atoms with Crippen LogP contribution in [0.25, 0.3) is 0 Å². The molecule has 0 aromatic carbocycles. The van der Waals surface area contributed by atoms with Crippen molar-refractivity contribution in [1.82, 2.24) is 10.2 Å². The molecule has 1 aromatic heterocycles. The number of hydrogen-bond acceptors (Lipinski definition) is 3. The second-order valence-corrected chi connectivity index (χ2v) is 7.25. The van der Waals surface area contributed by atoms with Crippen LogP contribution in [-0.2, 0) is 0 Å². The minimum atomic E-state index is 0.493. The third-order valence-corrected chi connectivity index (χ3v) is 5.42. The summed E-state index contributed by atoms with van der Waals surface area (Å²) in [5.74, 6) is 0.852. The fourth-order valence-corrected chi connectivity index (χ4v) is 4.01. The Morgan fingerprint density at radius 1 is 1.42 bits per heavy atom. The quantitative estimate of drug-likeness (QED) is 0.848. The fourth-order valence-electron chi connectivity index (χ4n) is 2.86. The molecule has 19 heavy (non-hydrogen) atoms. The molecule has 4 heteroatoms. The molecule has 2 nitrogen and oxygen atoms in total. The van der Waals surface area contributed by atoms with Crippen LogP contribution in [0.4, 0.5) is 0 Å². The number of nitrogens with zero attached hydrogens (tertiary/aromatic N) is 1. The van der Waals surface area contributed by atoms with E-state index in [0.29, 0.717) is 6.04 Å². The Hall–Kier alpha value is -0.0900. The van der Waals surface area contributed by atoms with E-state index in [2.05, 4.69) is 30.1 Å². The molecular weight excluding hydrogens is 276 g/mol. The summed E-state index contributed by atoms with van der Waals surface area (Å²) < 4.78 is 0.903. The first-order chi connectivity index (χ1) is 9.20. The summed E-state index contributed by atoms with van der Waals surface area (Å²) in [6, 6.07) is 4.70. The number of rotatable bonds is 6. The van der Waals surface area contributed by atoms with E-state index >= 15 is 0 Å². The molecule has 2 heterocycles. The van der Waals surface area contributed by atoms with E-state index in [-0.39, 0.29) is 0 Å². The van der Waals surface area contributed by atoms with Gasteiger partial charge in [0.15, 0.2) is 0 Å². The lowest BCUT2D eigenvalue weighted by atomic mass is 9.96. The standard InChI is InChI=1S/C15H25ClN2S/c1-3-10-18(11-13-6-8-17-9-7-13)12(2)14-4-5-15(16)19-14/h4-5,12-13,17H,3,6-11H2,1-2H3. The van der Waals surface area contributed by atoms with E-state index in [1.54, 1.807) is 11.3 Å². The largest absolute Gasteiger partial charge is 0.317 e. The van der Waals surface area contributed by atoms with E-state index in [4.69, 9.17) is 11.6 Å². The van der Waals surface area contributed by atoms with Gasteiger partial charge in [0.1, 0.15) is 0 Å². The first-order valence-corrected chi connectivity index (χ1v) is 8.60. The van der Waals surface area contributed by atoms with Gasteiger partial charge in [0.05, 0.1) is 4.34 Å². The molecule has 1 aliphatic rings. The average Bonchev–Trinajstić information content (AvgIpc) is 2.85. The minimum absolute atomic E-state index is 0.493. The van der Waals surface area contributed by atoms with Crippen LogP contribution in [0.5, 0.6) is 0 Å². The van der Waals surface area contributed by atoms with E-state index < -0.39 is 0 Å². The smallest absolute Gasteiger partial charge is 0.0931 e. The third kappa shape index (κ3) is 4.45. The second-order valence-electron chi connectivity index (χ2n) is 5.51. The zero-order valence-electron chi connectivity index (χ0n) is 12.0. The van der Waals surface area contributed by atoms with E-state index in [1.807, 2.05) is 6.07 Å². The zero-order valence-corrected chi connectivity index (χ0v) is 13.6. The number of halogens is 1. The maximum atomic E-state index is 6.07. The molecule has 108 valence electrons. The molecule has 0 spiro atoms. The topological polar surface area (TPSA) is 15.3 Å². The molecule has 1 unspecified atom stereocenters. The first kappa shape index (κ1) is 15.3. The molecule has 1 aromatic rings. The molecular formula is C15H25ClN2S. The van der Waals surface area contributed by atoms with Crippen LogP contribution in [0.3, 0.4) is 0 Å². The minimum Gasteiger partial charge on any atom is -0.317 e. The van der Waals surface area contributed by atoms with Crippen molar-refractivity contribution in [2.75, 3.05) is 26.2 Å². The Balaban J connectivity index is 1.97. The maximum absolute atomic E-state index is 6.07. The lowest BCUT2D eigenvalue weighted by Gasteiger charge is -2.33. The van der Waals surface area contributed by atoms with Crippen LogP contribution in [0.2, 0.25) is 4.34 Å². The van der Waals surface area contributed by atoms with Crippen molar-refractivity contribution in [2.45, 2.75) is 39.2 Å². The number of piperidine rings is 1. The Bertz CT molecular complexity index is 374. The van der Waals surface area contributed by atoms with Crippen molar-refractivity contribution < 1.29 is 0 Å². The normalized spacial score (nSPS) is 18.9. The monoisotopic (exact) mass is 300 g/mol. The summed E-state index contributed by atoms with van der Waals surface area (Å²) in [4.78, 5) is 4.03. The molecule has 1 aliphatic heterocycles. The summed E-state index contributed by atoms with van der Waals surface area (Å²) >= 11 is 7.79. The van der Waals surface area contributed by atoms with Gasteiger partial charge in [-0.2, -0.15) is 0 Å². The molecule has 2 rings (SSSR count). The maximum Gasteiger partial charge on any atom is 0.0931 e. The van der Waals surface area contributed by atoms with Crippen LogP contribution in [0, 0.1) is 5.92 Å². The van der Waals surface area contributed by atoms with E-state index in [1.165, 1.54) is 50.3 Å². The third-order valence-electron chi connectivity index (χ3n) is 4.02. The number of hydrogen-bond donors (Lipinski definition) is 1. The van der Waals surface area contributed by atoms with E-state index in [0.717, 1.165) is 10.3 Å². The Kier molecular flexibility index (Phi) is 6.14. The molecule has 0 amide bonds. The van der Waals surface area contributed by atoms with Gasteiger partial charge in [0.2, 0.25) is 0 Å². The van der Waals surface area contributed by atoms with Crippen molar-refractivity contribution in [3.8, 4) is 0 Å². The lowest BCUT2D eigenvalue weighted by molar-refractivity contribution is 0.163. The van der Waals surface area contributed by atoms with Crippen LogP contribution >= 0.6 is 22.9 Å². The van der Waals surface area contributed by atoms with Gasteiger partial charge in [-0.1, -0.05) is 18.5 Å². The highest BCUT2D eigenvalue weighted by molar-refractivity contribution is 7.16. The van der Waals surface area contributed by atoms with Gasteiger partial charge in [-0.3, -0.25) is 4.90 Å². The summed E-state index contributed by atoms with van der Waals surface area (Å²) in [5, 5.41) is 3.45. The summed E-state index contributed by atoms with van der Waals surface area (Å²) in [6.07, 6.45) is 3.85. The number of nitrogens with one attached hydrogen (secondary N) is 1. The van der Waals surface area contributed by atoms with Crippen LogP contribution in [-0.4, -0.2) is 31.1 Å². The predicted octanol–water partition coefficient (Wildman–Crippen LogP) is 4.17. The molecule has 1 saturated heterocycles. The molecule has 1 atom stereocenters. The molecule has 0 bridgehead atoms.